The number of hydrogen-bond donors (Lipinski definition) is 1. The predicted octanol–water partition coefficient (Wildman–Crippen LogP) is 3.02. The van der Waals surface area contributed by atoms with E-state index in [9.17, 15) is 9.59 Å². The molecule has 1 atom stereocenters. The van der Waals surface area contributed by atoms with Crippen LogP contribution < -0.4 is 5.32 Å². The molecule has 29 heavy (non-hydrogen) atoms. The van der Waals surface area contributed by atoms with Crippen molar-refractivity contribution in [2.75, 3.05) is 32.7 Å². The second-order valence-electron chi connectivity index (χ2n) is 8.23. The topological polar surface area (TPSA) is 52.7 Å². The molecule has 2 aromatic rings. The molecule has 5 heteroatoms. The number of rotatable bonds is 6. The van der Waals surface area contributed by atoms with E-state index in [2.05, 4.69) is 41.4 Å². The predicted molar refractivity (Wildman–Crippen MR) is 114 cm³/mol. The van der Waals surface area contributed by atoms with Gasteiger partial charge in [-0.3, -0.25) is 14.5 Å². The fraction of sp³-hybridized carbons (Fsp3) is 0.417. The van der Waals surface area contributed by atoms with Gasteiger partial charge in [0.25, 0.3) is 5.91 Å². The molecule has 1 unspecified atom stereocenters. The van der Waals surface area contributed by atoms with E-state index >= 15 is 0 Å². The summed E-state index contributed by atoms with van der Waals surface area (Å²) < 4.78 is 0. The van der Waals surface area contributed by atoms with Crippen molar-refractivity contribution in [3.05, 3.63) is 71.3 Å². The van der Waals surface area contributed by atoms with Gasteiger partial charge in [0.2, 0.25) is 5.91 Å². The first-order valence-electron chi connectivity index (χ1n) is 10.5. The molecular weight excluding hydrogens is 362 g/mol. The second-order valence-corrected chi connectivity index (χ2v) is 8.23. The Hall–Kier alpha value is -2.66. The minimum absolute atomic E-state index is 0.0721. The van der Waals surface area contributed by atoms with Crippen LogP contribution in [0.15, 0.2) is 54.6 Å². The van der Waals surface area contributed by atoms with Crippen LogP contribution in [0.4, 0.5) is 0 Å². The van der Waals surface area contributed by atoms with Gasteiger partial charge in [-0.2, -0.15) is 0 Å². The lowest BCUT2D eigenvalue weighted by Crippen LogP contribution is -2.51. The first-order chi connectivity index (χ1) is 14.1. The van der Waals surface area contributed by atoms with Crippen LogP contribution in [0.25, 0.3) is 0 Å². The third kappa shape index (κ3) is 5.04. The molecule has 0 bridgehead atoms. The standard InChI is InChI=1S/C24H29N3O2/c1-18-7-9-19(10-8-18)23(20-11-12-20)25-22(28)17-26-13-15-27(16-14-26)24(29)21-5-3-2-4-6-21/h2-10,20,23H,11-17H2,1H3,(H,25,28). The van der Waals surface area contributed by atoms with Crippen molar-refractivity contribution >= 4 is 11.8 Å². The Morgan fingerprint density at radius 1 is 0.966 bits per heavy atom. The highest BCUT2D eigenvalue weighted by atomic mass is 16.2. The minimum Gasteiger partial charge on any atom is -0.348 e. The number of benzene rings is 2. The van der Waals surface area contributed by atoms with Crippen LogP contribution in [0.1, 0.15) is 40.4 Å². The quantitative estimate of drug-likeness (QED) is 0.824. The molecule has 1 aliphatic carbocycles. The molecule has 2 aliphatic rings. The van der Waals surface area contributed by atoms with Crippen LogP contribution in [0.2, 0.25) is 0 Å². The van der Waals surface area contributed by atoms with Crippen LogP contribution in [-0.4, -0.2) is 54.3 Å². The lowest BCUT2D eigenvalue weighted by atomic mass is 10.0. The highest BCUT2D eigenvalue weighted by Crippen LogP contribution is 2.41. The van der Waals surface area contributed by atoms with Gasteiger partial charge in [-0.25, -0.2) is 0 Å². The molecule has 2 amide bonds. The molecule has 1 saturated carbocycles. The maximum absolute atomic E-state index is 12.7. The Morgan fingerprint density at radius 2 is 1.62 bits per heavy atom. The van der Waals surface area contributed by atoms with Crippen LogP contribution in [0.3, 0.4) is 0 Å². The summed E-state index contributed by atoms with van der Waals surface area (Å²) in [5.74, 6) is 0.704. The van der Waals surface area contributed by atoms with Gasteiger partial charge in [-0.1, -0.05) is 48.0 Å². The summed E-state index contributed by atoms with van der Waals surface area (Å²) in [6.45, 7) is 5.24. The lowest BCUT2D eigenvalue weighted by Gasteiger charge is -2.34. The maximum atomic E-state index is 12.7. The fourth-order valence-corrected chi connectivity index (χ4v) is 3.97. The van der Waals surface area contributed by atoms with Crippen molar-refractivity contribution in [2.45, 2.75) is 25.8 Å². The van der Waals surface area contributed by atoms with Crippen molar-refractivity contribution in [2.24, 2.45) is 5.92 Å². The molecule has 2 aromatic carbocycles. The average molecular weight is 392 g/mol. The van der Waals surface area contributed by atoms with Gasteiger partial charge in [0.1, 0.15) is 0 Å². The number of carbonyl (C=O) groups excluding carboxylic acids is 2. The molecule has 152 valence electrons. The van der Waals surface area contributed by atoms with Gasteiger partial charge >= 0.3 is 0 Å². The Morgan fingerprint density at radius 3 is 2.24 bits per heavy atom. The largest absolute Gasteiger partial charge is 0.348 e. The first kappa shape index (κ1) is 19.6. The number of aryl methyl sites for hydroxylation is 1. The molecule has 2 fully saturated rings. The Labute approximate surface area is 172 Å². The second kappa shape index (κ2) is 8.78. The van der Waals surface area contributed by atoms with Crippen molar-refractivity contribution in [3.8, 4) is 0 Å². The summed E-state index contributed by atoms with van der Waals surface area (Å²) in [6, 6.07) is 18.0. The molecule has 5 nitrogen and oxygen atoms in total. The van der Waals surface area contributed by atoms with E-state index in [1.807, 2.05) is 35.2 Å². The monoisotopic (exact) mass is 391 g/mol. The fourth-order valence-electron chi connectivity index (χ4n) is 3.97. The number of carbonyl (C=O) groups is 2. The summed E-state index contributed by atoms with van der Waals surface area (Å²) in [7, 11) is 0. The van der Waals surface area contributed by atoms with Crippen molar-refractivity contribution in [3.63, 3.8) is 0 Å². The molecule has 1 saturated heterocycles. The highest BCUT2D eigenvalue weighted by molar-refractivity contribution is 5.94. The zero-order valence-electron chi connectivity index (χ0n) is 17.0. The summed E-state index contributed by atoms with van der Waals surface area (Å²) in [5.41, 5.74) is 3.16. The molecule has 0 aromatic heterocycles. The average Bonchev–Trinajstić information content (AvgIpc) is 3.59. The van der Waals surface area contributed by atoms with Crippen LogP contribution in [-0.2, 0) is 4.79 Å². The maximum Gasteiger partial charge on any atom is 0.253 e. The lowest BCUT2D eigenvalue weighted by molar-refractivity contribution is -0.123. The number of nitrogens with one attached hydrogen (secondary N) is 1. The van der Waals surface area contributed by atoms with E-state index in [1.165, 1.54) is 24.0 Å². The summed E-state index contributed by atoms with van der Waals surface area (Å²) >= 11 is 0. The molecule has 4 rings (SSSR count). The van der Waals surface area contributed by atoms with E-state index in [0.717, 1.165) is 18.7 Å². The third-order valence-corrected chi connectivity index (χ3v) is 5.89. The van der Waals surface area contributed by atoms with Crippen molar-refractivity contribution < 1.29 is 9.59 Å². The molecule has 0 spiro atoms. The summed E-state index contributed by atoms with van der Waals surface area (Å²) in [6.07, 6.45) is 2.36. The van der Waals surface area contributed by atoms with E-state index in [1.54, 1.807) is 0 Å². The number of hydrogen-bond acceptors (Lipinski definition) is 3. The molecule has 1 heterocycles. The van der Waals surface area contributed by atoms with Crippen molar-refractivity contribution in [1.82, 2.24) is 15.1 Å². The normalized spacial score (nSPS) is 18.3. The van der Waals surface area contributed by atoms with Gasteiger partial charge < -0.3 is 10.2 Å². The number of amides is 2. The number of nitrogens with zero attached hydrogens (tertiary/aromatic N) is 2. The van der Waals surface area contributed by atoms with Gasteiger partial charge in [-0.15, -0.1) is 0 Å². The SMILES string of the molecule is Cc1ccc(C(NC(=O)CN2CCN(C(=O)c3ccccc3)CC2)C2CC2)cc1. The van der Waals surface area contributed by atoms with Crippen LogP contribution in [0, 0.1) is 12.8 Å². The van der Waals surface area contributed by atoms with Crippen molar-refractivity contribution in [1.29, 1.82) is 0 Å². The highest BCUT2D eigenvalue weighted by Gasteiger charge is 2.33. The Kier molecular flexibility index (Phi) is 5.95. The van der Waals surface area contributed by atoms with E-state index < -0.39 is 0 Å². The summed E-state index contributed by atoms with van der Waals surface area (Å²) in [4.78, 5) is 29.3. The molecule has 1 N–H and O–H groups in total. The van der Waals surface area contributed by atoms with Crippen LogP contribution in [0.5, 0.6) is 0 Å². The minimum atomic E-state index is 0.0721. The smallest absolute Gasteiger partial charge is 0.253 e. The molecular formula is C24H29N3O2. The van der Waals surface area contributed by atoms with E-state index in [-0.39, 0.29) is 17.9 Å². The molecule has 1 aliphatic heterocycles. The van der Waals surface area contributed by atoms with Gasteiger partial charge in [0.15, 0.2) is 0 Å². The summed E-state index contributed by atoms with van der Waals surface area (Å²) in [5, 5.41) is 3.26. The molecule has 0 radical (unpaired) electrons. The van der Waals surface area contributed by atoms with E-state index in [4.69, 9.17) is 0 Å². The Balaban J connectivity index is 1.28. The zero-order chi connectivity index (χ0) is 20.2. The number of piperazine rings is 1. The third-order valence-electron chi connectivity index (χ3n) is 5.89. The van der Waals surface area contributed by atoms with Gasteiger partial charge in [-0.05, 0) is 43.4 Å². The van der Waals surface area contributed by atoms with Gasteiger partial charge in [0, 0.05) is 31.7 Å². The first-order valence-corrected chi connectivity index (χ1v) is 10.5. The Bertz CT molecular complexity index is 838. The zero-order valence-corrected chi connectivity index (χ0v) is 17.0. The van der Waals surface area contributed by atoms with Crippen LogP contribution >= 0.6 is 0 Å². The van der Waals surface area contributed by atoms with E-state index in [0.29, 0.717) is 25.6 Å². The van der Waals surface area contributed by atoms with Gasteiger partial charge in [0.05, 0.1) is 12.6 Å².